The zero-order valence-corrected chi connectivity index (χ0v) is 13.5. The highest BCUT2D eigenvalue weighted by Gasteiger charge is 2.39. The number of nitrogens with one attached hydrogen (secondary N) is 1. The second-order valence-corrected chi connectivity index (χ2v) is 7.28. The van der Waals surface area contributed by atoms with Gasteiger partial charge in [0, 0.05) is 24.6 Å². The predicted octanol–water partition coefficient (Wildman–Crippen LogP) is 3.76. The van der Waals surface area contributed by atoms with E-state index in [4.69, 9.17) is 9.72 Å². The van der Waals surface area contributed by atoms with Gasteiger partial charge in [-0.2, -0.15) is 0 Å². The van der Waals surface area contributed by atoms with E-state index in [0.29, 0.717) is 0 Å². The third-order valence-electron chi connectivity index (χ3n) is 4.59. The van der Waals surface area contributed by atoms with Crippen molar-refractivity contribution in [1.29, 1.82) is 0 Å². The van der Waals surface area contributed by atoms with Crippen molar-refractivity contribution >= 4 is 11.3 Å². The Labute approximate surface area is 126 Å². The maximum Gasteiger partial charge on any atom is 0.125 e. The van der Waals surface area contributed by atoms with Crippen molar-refractivity contribution in [3.63, 3.8) is 0 Å². The topological polar surface area (TPSA) is 34.1 Å². The lowest BCUT2D eigenvalue weighted by molar-refractivity contribution is -0.00896. The summed E-state index contributed by atoms with van der Waals surface area (Å²) in [5.74, 6) is 0. The van der Waals surface area contributed by atoms with Crippen LogP contribution in [-0.4, -0.2) is 18.1 Å². The SMILES string of the molecule is CCCc1nc(C2(OC)CCCC2)sc1CNC1CC1. The average molecular weight is 294 g/mol. The van der Waals surface area contributed by atoms with Gasteiger partial charge in [-0.25, -0.2) is 4.98 Å². The van der Waals surface area contributed by atoms with Crippen LogP contribution < -0.4 is 5.32 Å². The first kappa shape index (κ1) is 14.5. The van der Waals surface area contributed by atoms with Crippen LogP contribution in [0.5, 0.6) is 0 Å². The number of ether oxygens (including phenoxy) is 1. The van der Waals surface area contributed by atoms with Gasteiger partial charge in [-0.1, -0.05) is 26.2 Å². The van der Waals surface area contributed by atoms with Crippen molar-refractivity contribution < 1.29 is 4.74 Å². The highest BCUT2D eigenvalue weighted by atomic mass is 32.1. The molecule has 1 heterocycles. The number of hydrogen-bond acceptors (Lipinski definition) is 4. The van der Waals surface area contributed by atoms with Gasteiger partial charge in [0.05, 0.1) is 5.69 Å². The predicted molar refractivity (Wildman–Crippen MR) is 83.1 cm³/mol. The summed E-state index contributed by atoms with van der Waals surface area (Å²) in [5.41, 5.74) is 1.23. The summed E-state index contributed by atoms with van der Waals surface area (Å²) >= 11 is 1.89. The minimum atomic E-state index is -0.0784. The lowest BCUT2D eigenvalue weighted by atomic mass is 10.0. The maximum absolute atomic E-state index is 5.90. The van der Waals surface area contributed by atoms with E-state index in [0.717, 1.165) is 31.8 Å². The molecule has 2 saturated carbocycles. The van der Waals surface area contributed by atoms with Crippen LogP contribution >= 0.6 is 11.3 Å². The standard InChI is InChI=1S/C16H26N2OS/c1-3-6-13-14(11-17-12-7-8-12)20-15(18-13)16(19-2)9-4-5-10-16/h12,17H,3-11H2,1-2H3. The molecule has 0 unspecified atom stereocenters. The van der Waals surface area contributed by atoms with Gasteiger partial charge in [-0.15, -0.1) is 11.3 Å². The molecule has 0 spiro atoms. The fourth-order valence-corrected chi connectivity index (χ4v) is 4.41. The molecule has 112 valence electrons. The van der Waals surface area contributed by atoms with Crippen LogP contribution in [0.2, 0.25) is 0 Å². The third kappa shape index (κ3) is 2.92. The van der Waals surface area contributed by atoms with E-state index in [2.05, 4.69) is 12.2 Å². The Morgan fingerprint density at radius 2 is 2.10 bits per heavy atom. The Bertz CT molecular complexity index is 447. The summed E-state index contributed by atoms with van der Waals surface area (Å²) < 4.78 is 5.90. The fraction of sp³-hybridized carbons (Fsp3) is 0.812. The van der Waals surface area contributed by atoms with E-state index >= 15 is 0 Å². The van der Waals surface area contributed by atoms with E-state index in [1.807, 2.05) is 18.4 Å². The molecule has 0 aromatic carbocycles. The Kier molecular flexibility index (Phi) is 4.43. The monoisotopic (exact) mass is 294 g/mol. The molecule has 2 fully saturated rings. The summed E-state index contributed by atoms with van der Waals surface area (Å²) in [6, 6.07) is 0.762. The fourth-order valence-electron chi connectivity index (χ4n) is 3.12. The molecule has 3 nitrogen and oxygen atoms in total. The van der Waals surface area contributed by atoms with Gasteiger partial charge in [-0.3, -0.25) is 0 Å². The second kappa shape index (κ2) is 6.12. The molecular weight excluding hydrogens is 268 g/mol. The van der Waals surface area contributed by atoms with Gasteiger partial charge in [0.15, 0.2) is 0 Å². The molecule has 0 saturated heterocycles. The van der Waals surface area contributed by atoms with Crippen molar-refractivity contribution in [2.24, 2.45) is 0 Å². The maximum atomic E-state index is 5.90. The molecular formula is C16H26N2OS. The first-order chi connectivity index (χ1) is 9.77. The summed E-state index contributed by atoms with van der Waals surface area (Å²) in [6.45, 7) is 3.23. The number of thiazole rings is 1. The summed E-state index contributed by atoms with van der Waals surface area (Å²) in [7, 11) is 1.86. The molecule has 3 rings (SSSR count). The Hall–Kier alpha value is -0.450. The molecule has 0 bridgehead atoms. The molecule has 0 atom stereocenters. The number of aryl methyl sites for hydroxylation is 1. The van der Waals surface area contributed by atoms with Crippen LogP contribution in [0.4, 0.5) is 0 Å². The van der Waals surface area contributed by atoms with Crippen molar-refractivity contribution in [3.8, 4) is 0 Å². The highest BCUT2D eigenvalue weighted by molar-refractivity contribution is 7.11. The molecule has 0 radical (unpaired) electrons. The van der Waals surface area contributed by atoms with Crippen LogP contribution in [0.25, 0.3) is 0 Å². The van der Waals surface area contributed by atoms with Gasteiger partial charge in [0.2, 0.25) is 0 Å². The zero-order chi connectivity index (χ0) is 14.0. The lowest BCUT2D eigenvalue weighted by Gasteiger charge is -2.24. The second-order valence-electron chi connectivity index (χ2n) is 6.20. The molecule has 0 amide bonds. The summed E-state index contributed by atoms with van der Waals surface area (Å²) in [6.07, 6.45) is 9.76. The van der Waals surface area contributed by atoms with Gasteiger partial charge in [0.25, 0.3) is 0 Å². The first-order valence-electron chi connectivity index (χ1n) is 8.05. The van der Waals surface area contributed by atoms with E-state index < -0.39 is 0 Å². The van der Waals surface area contributed by atoms with Gasteiger partial charge >= 0.3 is 0 Å². The van der Waals surface area contributed by atoms with Gasteiger partial charge in [0.1, 0.15) is 10.6 Å². The molecule has 0 aliphatic heterocycles. The normalized spacial score (nSPS) is 21.5. The summed E-state index contributed by atoms with van der Waals surface area (Å²) in [4.78, 5) is 6.42. The molecule has 20 heavy (non-hydrogen) atoms. The molecule has 2 aliphatic carbocycles. The lowest BCUT2D eigenvalue weighted by Crippen LogP contribution is -2.24. The third-order valence-corrected chi connectivity index (χ3v) is 5.87. The van der Waals surface area contributed by atoms with Crippen molar-refractivity contribution in [2.75, 3.05) is 7.11 Å². The van der Waals surface area contributed by atoms with E-state index in [1.165, 1.54) is 47.7 Å². The van der Waals surface area contributed by atoms with Crippen molar-refractivity contribution in [2.45, 2.75) is 76.5 Å². The number of hydrogen-bond donors (Lipinski definition) is 1. The minimum absolute atomic E-state index is 0.0784. The molecule has 1 N–H and O–H groups in total. The Balaban J connectivity index is 1.80. The van der Waals surface area contributed by atoms with Gasteiger partial charge < -0.3 is 10.1 Å². The number of nitrogens with zero attached hydrogens (tertiary/aromatic N) is 1. The van der Waals surface area contributed by atoms with E-state index in [-0.39, 0.29) is 5.60 Å². The van der Waals surface area contributed by atoms with Crippen molar-refractivity contribution in [1.82, 2.24) is 10.3 Å². The van der Waals surface area contributed by atoms with Crippen LogP contribution in [0.3, 0.4) is 0 Å². The first-order valence-corrected chi connectivity index (χ1v) is 8.86. The van der Waals surface area contributed by atoms with Gasteiger partial charge in [-0.05, 0) is 32.1 Å². The van der Waals surface area contributed by atoms with E-state index in [9.17, 15) is 0 Å². The Morgan fingerprint density at radius 1 is 1.35 bits per heavy atom. The Morgan fingerprint density at radius 3 is 2.70 bits per heavy atom. The zero-order valence-electron chi connectivity index (χ0n) is 12.7. The highest BCUT2D eigenvalue weighted by Crippen LogP contribution is 2.44. The number of methoxy groups -OCH3 is 1. The van der Waals surface area contributed by atoms with Crippen molar-refractivity contribution in [3.05, 3.63) is 15.6 Å². The number of rotatable bonds is 7. The van der Waals surface area contributed by atoms with Crippen LogP contribution in [0, 0.1) is 0 Å². The molecule has 4 heteroatoms. The molecule has 1 aromatic rings. The largest absolute Gasteiger partial charge is 0.371 e. The number of aromatic nitrogens is 1. The van der Waals surface area contributed by atoms with Crippen LogP contribution in [-0.2, 0) is 23.3 Å². The molecule has 1 aromatic heterocycles. The summed E-state index contributed by atoms with van der Waals surface area (Å²) in [5, 5.41) is 4.87. The molecule has 2 aliphatic rings. The quantitative estimate of drug-likeness (QED) is 0.831. The van der Waals surface area contributed by atoms with E-state index in [1.54, 1.807) is 0 Å². The van der Waals surface area contributed by atoms with Crippen LogP contribution in [0.15, 0.2) is 0 Å². The average Bonchev–Trinajstić information content (AvgIpc) is 3.01. The minimum Gasteiger partial charge on any atom is -0.371 e. The smallest absolute Gasteiger partial charge is 0.125 e. The van der Waals surface area contributed by atoms with Crippen LogP contribution in [0.1, 0.15) is 67.4 Å².